The van der Waals surface area contributed by atoms with Crippen molar-refractivity contribution in [3.8, 4) is 5.69 Å². The summed E-state index contributed by atoms with van der Waals surface area (Å²) in [5, 5.41) is 5.09. The predicted octanol–water partition coefficient (Wildman–Crippen LogP) is 3.10. The minimum absolute atomic E-state index is 0.574. The van der Waals surface area contributed by atoms with E-state index in [0.29, 0.717) is 11.7 Å². The lowest BCUT2D eigenvalue weighted by Gasteiger charge is -2.03. The third kappa shape index (κ3) is 2.54. The molecule has 0 aliphatic carbocycles. The van der Waals surface area contributed by atoms with Crippen molar-refractivity contribution in [1.82, 2.24) is 9.78 Å². The van der Waals surface area contributed by atoms with Crippen molar-refractivity contribution in [3.63, 3.8) is 0 Å². The third-order valence-electron chi connectivity index (χ3n) is 2.57. The van der Waals surface area contributed by atoms with Crippen LogP contribution < -0.4 is 5.73 Å². The van der Waals surface area contributed by atoms with E-state index in [4.69, 9.17) is 17.3 Å². The zero-order valence-corrected chi connectivity index (χ0v) is 11.8. The monoisotopic (exact) mass is 313 g/mol. The molecule has 1 heterocycles. The number of nitrogens with two attached hydrogens (primary N) is 1. The van der Waals surface area contributed by atoms with Crippen LogP contribution in [0.1, 0.15) is 11.3 Å². The Bertz CT molecular complexity index is 537. The molecule has 5 heteroatoms. The van der Waals surface area contributed by atoms with Crippen LogP contribution in [0, 0.1) is 6.92 Å². The zero-order chi connectivity index (χ0) is 12.4. The maximum Gasteiger partial charge on any atom is 0.136 e. The first-order chi connectivity index (χ1) is 8.13. The Morgan fingerprint density at radius 1 is 1.47 bits per heavy atom. The fourth-order valence-electron chi connectivity index (χ4n) is 1.74. The molecule has 0 saturated heterocycles. The van der Waals surface area contributed by atoms with Gasteiger partial charge in [-0.15, -0.1) is 0 Å². The van der Waals surface area contributed by atoms with E-state index in [1.54, 1.807) is 4.68 Å². The van der Waals surface area contributed by atoms with Gasteiger partial charge in [0, 0.05) is 10.0 Å². The third-order valence-corrected chi connectivity index (χ3v) is 3.45. The van der Waals surface area contributed by atoms with E-state index in [1.807, 2.05) is 31.2 Å². The molecule has 2 N–H and O–H groups in total. The molecule has 17 heavy (non-hydrogen) atoms. The van der Waals surface area contributed by atoms with Gasteiger partial charge < -0.3 is 5.73 Å². The van der Waals surface area contributed by atoms with Gasteiger partial charge in [-0.2, -0.15) is 5.10 Å². The van der Waals surface area contributed by atoms with Gasteiger partial charge in [-0.1, -0.05) is 33.6 Å². The Balaban J connectivity index is 2.50. The summed E-state index contributed by atoms with van der Waals surface area (Å²) in [6.45, 7) is 2.52. The van der Waals surface area contributed by atoms with E-state index >= 15 is 0 Å². The van der Waals surface area contributed by atoms with Gasteiger partial charge in [-0.3, -0.25) is 0 Å². The van der Waals surface area contributed by atoms with E-state index in [0.717, 1.165) is 27.8 Å². The number of aromatic nitrogens is 2. The summed E-state index contributed by atoms with van der Waals surface area (Å²) in [5.74, 6) is 0. The number of rotatable bonds is 3. The fourth-order valence-corrected chi connectivity index (χ4v) is 2.49. The molecule has 0 fully saturated rings. The zero-order valence-electron chi connectivity index (χ0n) is 9.45. The van der Waals surface area contributed by atoms with E-state index in [1.165, 1.54) is 0 Å². The number of benzene rings is 1. The molecule has 0 spiro atoms. The second-order valence-corrected chi connectivity index (χ2v) is 5.06. The number of halogens is 2. The van der Waals surface area contributed by atoms with Crippen LogP contribution in [0.25, 0.3) is 5.69 Å². The van der Waals surface area contributed by atoms with Crippen LogP contribution in [-0.4, -0.2) is 16.3 Å². The molecule has 0 amide bonds. The van der Waals surface area contributed by atoms with Gasteiger partial charge in [0.2, 0.25) is 0 Å². The normalized spacial score (nSPS) is 10.8. The highest BCUT2D eigenvalue weighted by Crippen LogP contribution is 2.25. The van der Waals surface area contributed by atoms with Gasteiger partial charge in [-0.05, 0) is 38.1 Å². The summed E-state index contributed by atoms with van der Waals surface area (Å²) >= 11 is 9.76. The molecule has 2 rings (SSSR count). The fraction of sp³-hybridized carbons (Fsp3) is 0.250. The van der Waals surface area contributed by atoms with Crippen molar-refractivity contribution in [3.05, 3.63) is 45.1 Å². The SMILES string of the molecule is Cc1nn(-c2cccc(Br)c2)c(Cl)c1CCN. The van der Waals surface area contributed by atoms with E-state index in [-0.39, 0.29) is 0 Å². The van der Waals surface area contributed by atoms with Gasteiger partial charge in [0.1, 0.15) is 5.15 Å². The average molecular weight is 315 g/mol. The maximum absolute atomic E-state index is 6.32. The number of hydrogen-bond donors (Lipinski definition) is 1. The standard InChI is InChI=1S/C12H13BrClN3/c1-8-11(5-6-15)12(14)17(16-8)10-4-2-3-9(13)7-10/h2-4,7H,5-6,15H2,1H3. The molecule has 90 valence electrons. The summed E-state index contributed by atoms with van der Waals surface area (Å²) in [5.41, 5.74) is 8.46. The first kappa shape index (κ1) is 12.6. The lowest BCUT2D eigenvalue weighted by molar-refractivity contribution is 0.863. The first-order valence-corrected chi connectivity index (χ1v) is 6.50. The number of aryl methyl sites for hydroxylation is 1. The quantitative estimate of drug-likeness (QED) is 0.946. The van der Waals surface area contributed by atoms with Crippen LogP contribution in [0.3, 0.4) is 0 Å². The number of hydrogen-bond acceptors (Lipinski definition) is 2. The Morgan fingerprint density at radius 2 is 2.24 bits per heavy atom. The lowest BCUT2D eigenvalue weighted by atomic mass is 10.2. The highest BCUT2D eigenvalue weighted by Gasteiger charge is 2.13. The molecule has 3 nitrogen and oxygen atoms in total. The van der Waals surface area contributed by atoms with Crippen molar-refractivity contribution in [1.29, 1.82) is 0 Å². The van der Waals surface area contributed by atoms with Crippen LogP contribution >= 0.6 is 27.5 Å². The van der Waals surface area contributed by atoms with Crippen LogP contribution in [0.5, 0.6) is 0 Å². The summed E-state index contributed by atoms with van der Waals surface area (Å²) in [6, 6.07) is 7.86. The Hall–Kier alpha value is -0.840. The minimum Gasteiger partial charge on any atom is -0.330 e. The highest BCUT2D eigenvalue weighted by molar-refractivity contribution is 9.10. The van der Waals surface area contributed by atoms with E-state index < -0.39 is 0 Å². The second-order valence-electron chi connectivity index (χ2n) is 3.79. The molecule has 0 unspecified atom stereocenters. The predicted molar refractivity (Wildman–Crippen MR) is 73.8 cm³/mol. The topological polar surface area (TPSA) is 43.8 Å². The van der Waals surface area contributed by atoms with Gasteiger partial charge in [0.05, 0.1) is 11.4 Å². The molecular formula is C12H13BrClN3. The van der Waals surface area contributed by atoms with Crippen LogP contribution in [0.2, 0.25) is 5.15 Å². The van der Waals surface area contributed by atoms with Crippen molar-refractivity contribution in [2.24, 2.45) is 5.73 Å². The van der Waals surface area contributed by atoms with Crippen molar-refractivity contribution in [2.45, 2.75) is 13.3 Å². The van der Waals surface area contributed by atoms with Gasteiger partial charge in [0.25, 0.3) is 0 Å². The molecular weight excluding hydrogens is 302 g/mol. The summed E-state index contributed by atoms with van der Waals surface area (Å²) < 4.78 is 2.74. The smallest absolute Gasteiger partial charge is 0.136 e. The van der Waals surface area contributed by atoms with Crippen molar-refractivity contribution >= 4 is 27.5 Å². The first-order valence-electron chi connectivity index (χ1n) is 5.33. The van der Waals surface area contributed by atoms with Crippen molar-refractivity contribution < 1.29 is 0 Å². The molecule has 0 saturated carbocycles. The molecule has 0 bridgehead atoms. The summed E-state index contributed by atoms with van der Waals surface area (Å²) in [4.78, 5) is 0. The van der Waals surface area contributed by atoms with Crippen LogP contribution in [0.4, 0.5) is 0 Å². The van der Waals surface area contributed by atoms with E-state index in [2.05, 4.69) is 21.0 Å². The Morgan fingerprint density at radius 3 is 2.88 bits per heavy atom. The molecule has 0 radical (unpaired) electrons. The highest BCUT2D eigenvalue weighted by atomic mass is 79.9. The maximum atomic E-state index is 6.32. The van der Waals surface area contributed by atoms with Crippen molar-refractivity contribution in [2.75, 3.05) is 6.54 Å². The second kappa shape index (κ2) is 5.21. The van der Waals surface area contributed by atoms with Gasteiger partial charge >= 0.3 is 0 Å². The molecule has 0 aliphatic heterocycles. The molecule has 0 aliphatic rings. The summed E-state index contributed by atoms with van der Waals surface area (Å²) in [7, 11) is 0. The lowest BCUT2D eigenvalue weighted by Crippen LogP contribution is -2.03. The average Bonchev–Trinajstić information content (AvgIpc) is 2.57. The number of nitrogens with zero attached hydrogens (tertiary/aromatic N) is 2. The minimum atomic E-state index is 0.574. The van der Waals surface area contributed by atoms with E-state index in [9.17, 15) is 0 Å². The molecule has 0 atom stereocenters. The van der Waals surface area contributed by atoms with Crippen LogP contribution in [0.15, 0.2) is 28.7 Å². The van der Waals surface area contributed by atoms with Gasteiger partial charge in [-0.25, -0.2) is 4.68 Å². The molecule has 2 aromatic rings. The van der Waals surface area contributed by atoms with Gasteiger partial charge in [0.15, 0.2) is 0 Å². The molecule has 1 aromatic heterocycles. The molecule has 1 aromatic carbocycles. The largest absolute Gasteiger partial charge is 0.330 e. The Kier molecular flexibility index (Phi) is 3.86. The summed E-state index contributed by atoms with van der Waals surface area (Å²) in [6.07, 6.45) is 0.749. The Labute approximate surface area is 114 Å². The van der Waals surface area contributed by atoms with Crippen LogP contribution in [-0.2, 0) is 6.42 Å².